The lowest BCUT2D eigenvalue weighted by Crippen LogP contribution is -2.58. The molecule has 0 radical (unpaired) electrons. The second-order valence-corrected chi connectivity index (χ2v) is 12.2. The lowest BCUT2D eigenvalue weighted by atomic mass is 10.0. The van der Waals surface area contributed by atoms with E-state index in [1.165, 1.54) is 12.5 Å². The van der Waals surface area contributed by atoms with Crippen LogP contribution in [-0.4, -0.2) is 72.9 Å². The van der Waals surface area contributed by atoms with E-state index >= 15 is 0 Å². The van der Waals surface area contributed by atoms with E-state index in [4.69, 9.17) is 5.73 Å². The minimum absolute atomic E-state index is 0.00119. The van der Waals surface area contributed by atoms with Crippen LogP contribution in [0.25, 0.3) is 21.8 Å². The van der Waals surface area contributed by atoms with Crippen molar-refractivity contribution in [2.45, 2.75) is 63.7 Å². The Balaban J connectivity index is 1.38. The van der Waals surface area contributed by atoms with Crippen LogP contribution in [0.4, 0.5) is 0 Å². The van der Waals surface area contributed by atoms with Crippen LogP contribution in [0.3, 0.4) is 0 Å². The number of aromatic amines is 3. The summed E-state index contributed by atoms with van der Waals surface area (Å²) in [5.74, 6) is -3.01. The summed E-state index contributed by atoms with van der Waals surface area (Å²) in [7, 11) is 0. The molecule has 0 aliphatic heterocycles. The summed E-state index contributed by atoms with van der Waals surface area (Å²) in [4.78, 5) is 66.2. The summed E-state index contributed by atoms with van der Waals surface area (Å²) in [6.07, 6.45) is 7.11. The maximum Gasteiger partial charge on any atom is 0.326 e. The van der Waals surface area contributed by atoms with Crippen molar-refractivity contribution in [2.24, 2.45) is 11.7 Å². The van der Waals surface area contributed by atoms with Crippen molar-refractivity contribution in [3.05, 3.63) is 90.3 Å². The van der Waals surface area contributed by atoms with Gasteiger partial charge in [0.1, 0.15) is 18.1 Å². The van der Waals surface area contributed by atoms with Gasteiger partial charge < -0.3 is 41.7 Å². The summed E-state index contributed by atoms with van der Waals surface area (Å²) in [5.41, 5.74) is 10.4. The summed E-state index contributed by atoms with van der Waals surface area (Å²) in [6.45, 7) is 3.71. The number of para-hydroxylation sites is 2. The highest BCUT2D eigenvalue weighted by atomic mass is 16.4. The molecule has 13 nitrogen and oxygen atoms in total. The highest BCUT2D eigenvalue weighted by Crippen LogP contribution is 2.21. The van der Waals surface area contributed by atoms with Crippen LogP contribution in [0.5, 0.6) is 0 Å². The molecule has 47 heavy (non-hydrogen) atoms. The van der Waals surface area contributed by atoms with Gasteiger partial charge in [0.15, 0.2) is 0 Å². The number of carboxylic acids is 1. The normalized spacial score (nSPS) is 14.0. The van der Waals surface area contributed by atoms with E-state index in [0.717, 1.165) is 32.9 Å². The number of nitrogens with two attached hydrogens (primary N) is 1. The van der Waals surface area contributed by atoms with Gasteiger partial charge in [-0.3, -0.25) is 14.4 Å². The smallest absolute Gasteiger partial charge is 0.326 e. The SMILES string of the molecule is CC(C)CC(NC(=O)C(Cc1cnc[nH]1)NC(=O)C(Cc1c[nH]c2ccccc12)NC(=O)C(N)Cc1c[nH]c2ccccc12)C(=O)O. The zero-order valence-corrected chi connectivity index (χ0v) is 26.2. The van der Waals surface area contributed by atoms with Gasteiger partial charge >= 0.3 is 5.97 Å². The molecule has 0 saturated heterocycles. The molecule has 4 atom stereocenters. The van der Waals surface area contributed by atoms with Crippen LogP contribution in [0, 0.1) is 5.92 Å². The average molecular weight is 641 g/mol. The number of imidazole rings is 1. The third-order valence-corrected chi connectivity index (χ3v) is 8.12. The van der Waals surface area contributed by atoms with E-state index < -0.39 is 47.9 Å². The fourth-order valence-corrected chi connectivity index (χ4v) is 5.70. The number of benzene rings is 2. The molecule has 246 valence electrons. The standard InChI is InChI=1S/C34H40N8O5/c1-19(2)11-30(34(46)47)42-33(45)29(14-22-17-36-18-39-22)41-32(44)28(13-21-16-38-27-10-6-4-8-24(21)27)40-31(43)25(35)12-20-15-37-26-9-5-3-7-23(20)26/h3-10,15-19,25,28-30,37-38H,11-14,35H2,1-2H3,(H,36,39)(H,40,43)(H,41,44)(H,42,45)(H,46,47). The zero-order valence-electron chi connectivity index (χ0n) is 26.2. The third-order valence-electron chi connectivity index (χ3n) is 8.12. The van der Waals surface area contributed by atoms with E-state index in [-0.39, 0.29) is 31.6 Å². The molecule has 0 bridgehead atoms. The van der Waals surface area contributed by atoms with Gasteiger partial charge in [-0.2, -0.15) is 0 Å². The number of amides is 3. The average Bonchev–Trinajstić information content (AvgIpc) is 3.81. The predicted octanol–water partition coefficient (Wildman–Crippen LogP) is 2.31. The lowest BCUT2D eigenvalue weighted by molar-refractivity contribution is -0.142. The molecule has 3 aromatic heterocycles. The molecule has 5 rings (SSSR count). The van der Waals surface area contributed by atoms with E-state index in [2.05, 4.69) is 35.9 Å². The zero-order chi connectivity index (χ0) is 33.5. The second-order valence-electron chi connectivity index (χ2n) is 12.2. The molecule has 0 fully saturated rings. The molecular weight excluding hydrogens is 600 g/mol. The van der Waals surface area contributed by atoms with Crippen LogP contribution < -0.4 is 21.7 Å². The fraction of sp³-hybridized carbons (Fsp3) is 0.324. The van der Waals surface area contributed by atoms with Gasteiger partial charge in [0.25, 0.3) is 0 Å². The van der Waals surface area contributed by atoms with Crippen molar-refractivity contribution in [2.75, 3.05) is 0 Å². The number of carbonyl (C=O) groups excluding carboxylic acids is 3. The van der Waals surface area contributed by atoms with Crippen molar-refractivity contribution >= 4 is 45.5 Å². The molecule has 0 aliphatic carbocycles. The highest BCUT2D eigenvalue weighted by molar-refractivity contribution is 5.95. The molecule has 0 aliphatic rings. The van der Waals surface area contributed by atoms with Crippen molar-refractivity contribution in [3.63, 3.8) is 0 Å². The number of aliphatic carboxylic acids is 1. The minimum atomic E-state index is -1.17. The van der Waals surface area contributed by atoms with Gasteiger partial charge in [-0.25, -0.2) is 9.78 Å². The summed E-state index contributed by atoms with van der Waals surface area (Å²) in [5, 5.41) is 19.7. The Morgan fingerprint density at radius 1 is 0.745 bits per heavy atom. The fourth-order valence-electron chi connectivity index (χ4n) is 5.70. The third kappa shape index (κ3) is 8.24. The molecule has 3 heterocycles. The molecule has 13 heteroatoms. The molecule has 9 N–H and O–H groups in total. The molecule has 0 saturated carbocycles. The van der Waals surface area contributed by atoms with E-state index in [0.29, 0.717) is 5.69 Å². The first-order chi connectivity index (χ1) is 22.6. The molecular formula is C34H40N8O5. The summed E-state index contributed by atoms with van der Waals surface area (Å²) >= 11 is 0. The quantitative estimate of drug-likeness (QED) is 0.0855. The lowest BCUT2D eigenvalue weighted by Gasteiger charge is -2.25. The van der Waals surface area contributed by atoms with E-state index in [9.17, 15) is 24.3 Å². The Hall–Kier alpha value is -5.43. The van der Waals surface area contributed by atoms with Gasteiger partial charge in [-0.05, 0) is 42.0 Å². The molecule has 5 aromatic rings. The number of aromatic nitrogens is 4. The van der Waals surface area contributed by atoms with Gasteiger partial charge in [-0.1, -0.05) is 50.2 Å². The van der Waals surface area contributed by atoms with Crippen molar-refractivity contribution in [1.29, 1.82) is 0 Å². The maximum atomic E-state index is 14.0. The van der Waals surface area contributed by atoms with Gasteiger partial charge in [0.05, 0.1) is 12.4 Å². The summed E-state index contributed by atoms with van der Waals surface area (Å²) in [6, 6.07) is 10.9. The number of carboxylic acid groups (broad SMARTS) is 1. The van der Waals surface area contributed by atoms with Crippen LogP contribution in [0.1, 0.15) is 37.1 Å². The van der Waals surface area contributed by atoms with Crippen molar-refractivity contribution in [1.82, 2.24) is 35.9 Å². The number of hydrogen-bond donors (Lipinski definition) is 8. The number of rotatable bonds is 15. The first-order valence-electron chi connectivity index (χ1n) is 15.6. The molecule has 3 amide bonds. The first-order valence-corrected chi connectivity index (χ1v) is 15.6. The Bertz CT molecular complexity index is 1840. The molecule has 2 aromatic carbocycles. The number of carbonyl (C=O) groups is 4. The Labute approximate surface area is 271 Å². The number of fused-ring (bicyclic) bond motifs is 2. The Kier molecular flexibility index (Phi) is 10.4. The monoisotopic (exact) mass is 640 g/mol. The van der Waals surface area contributed by atoms with Crippen LogP contribution in [0.15, 0.2) is 73.4 Å². The topological polar surface area (TPSA) is 211 Å². The van der Waals surface area contributed by atoms with Gasteiger partial charge in [-0.15, -0.1) is 0 Å². The number of nitrogens with zero attached hydrogens (tertiary/aromatic N) is 1. The largest absolute Gasteiger partial charge is 0.480 e. The number of hydrogen-bond acceptors (Lipinski definition) is 6. The highest BCUT2D eigenvalue weighted by Gasteiger charge is 2.32. The summed E-state index contributed by atoms with van der Waals surface area (Å²) < 4.78 is 0. The number of H-pyrrole nitrogens is 3. The minimum Gasteiger partial charge on any atom is -0.480 e. The van der Waals surface area contributed by atoms with Crippen molar-refractivity contribution < 1.29 is 24.3 Å². The Morgan fingerprint density at radius 3 is 1.83 bits per heavy atom. The molecule has 0 spiro atoms. The number of nitrogens with one attached hydrogen (secondary N) is 6. The second kappa shape index (κ2) is 14.8. The van der Waals surface area contributed by atoms with Crippen molar-refractivity contribution in [3.8, 4) is 0 Å². The van der Waals surface area contributed by atoms with Crippen LogP contribution in [0.2, 0.25) is 0 Å². The van der Waals surface area contributed by atoms with Crippen LogP contribution in [-0.2, 0) is 38.4 Å². The Morgan fingerprint density at radius 2 is 1.28 bits per heavy atom. The van der Waals surface area contributed by atoms with Gasteiger partial charge in [0.2, 0.25) is 17.7 Å². The van der Waals surface area contributed by atoms with E-state index in [1.807, 2.05) is 68.6 Å². The first kappa shape index (κ1) is 32.9. The van der Waals surface area contributed by atoms with Gasteiger partial charge in [0, 0.05) is 58.9 Å². The van der Waals surface area contributed by atoms with E-state index in [1.54, 1.807) is 6.20 Å². The molecule has 4 unspecified atom stereocenters. The van der Waals surface area contributed by atoms with Crippen LogP contribution >= 0.6 is 0 Å². The maximum absolute atomic E-state index is 14.0. The predicted molar refractivity (Wildman–Crippen MR) is 177 cm³/mol.